The van der Waals surface area contributed by atoms with Gasteiger partial charge in [-0.1, -0.05) is 6.07 Å². The van der Waals surface area contributed by atoms with Crippen LogP contribution in [0.3, 0.4) is 0 Å². The summed E-state index contributed by atoms with van der Waals surface area (Å²) >= 11 is 0. The van der Waals surface area contributed by atoms with Crippen molar-refractivity contribution in [2.45, 2.75) is 11.1 Å². The third kappa shape index (κ3) is 3.62. The first-order chi connectivity index (χ1) is 14.0. The maximum atomic E-state index is 13.5. The molecule has 0 bridgehead atoms. The Morgan fingerprint density at radius 3 is 2.37 bits per heavy atom. The van der Waals surface area contributed by atoms with Gasteiger partial charge in [0.25, 0.3) is 5.91 Å². The van der Waals surface area contributed by atoms with Crippen molar-refractivity contribution in [3.8, 4) is 11.5 Å². The molecule has 30 heavy (non-hydrogen) atoms. The lowest BCUT2D eigenvalue weighted by Gasteiger charge is -2.12. The minimum absolute atomic E-state index is 0.00809. The van der Waals surface area contributed by atoms with Crippen molar-refractivity contribution < 1.29 is 35.9 Å². The van der Waals surface area contributed by atoms with E-state index in [2.05, 4.69) is 5.10 Å². The van der Waals surface area contributed by atoms with E-state index in [4.69, 9.17) is 14.6 Å². The van der Waals surface area contributed by atoms with Gasteiger partial charge in [-0.2, -0.15) is 23.3 Å². The number of sulfonamides is 1. The zero-order chi connectivity index (χ0) is 21.7. The van der Waals surface area contributed by atoms with E-state index in [0.717, 1.165) is 30.3 Å². The Bertz CT molecular complexity index is 1200. The average molecular weight is 439 g/mol. The molecule has 0 spiro atoms. The molecule has 0 radical (unpaired) electrons. The molecule has 1 amide bonds. The average Bonchev–Trinajstić information content (AvgIpc) is 3.25. The van der Waals surface area contributed by atoms with Crippen LogP contribution in [-0.2, 0) is 14.8 Å². The van der Waals surface area contributed by atoms with Gasteiger partial charge in [0.15, 0.2) is 17.2 Å². The summed E-state index contributed by atoms with van der Waals surface area (Å²) in [6, 6.07) is 8.85. The predicted octanol–water partition coefficient (Wildman–Crippen LogP) is 2.41. The number of ether oxygens (including phenoxy) is 2. The second-order valence-corrected chi connectivity index (χ2v) is 7.83. The summed E-state index contributed by atoms with van der Waals surface area (Å²) in [5.41, 5.74) is -1.81. The molecule has 4 rings (SSSR count). The number of anilines is 1. The lowest BCUT2D eigenvalue weighted by Crippen LogP contribution is -2.25. The first kappa shape index (κ1) is 19.9. The number of carbonyl (C=O) groups is 1. The highest BCUT2D eigenvalue weighted by Gasteiger charge is 2.46. The van der Waals surface area contributed by atoms with Gasteiger partial charge in [0.1, 0.15) is 0 Å². The molecule has 0 saturated carbocycles. The van der Waals surface area contributed by atoms with Crippen molar-refractivity contribution in [2.24, 2.45) is 10.2 Å². The topological polar surface area (TPSA) is 111 Å². The molecule has 156 valence electrons. The van der Waals surface area contributed by atoms with E-state index in [9.17, 15) is 26.4 Å². The van der Waals surface area contributed by atoms with Crippen LogP contribution in [-0.4, -0.2) is 33.0 Å². The second-order valence-electron chi connectivity index (χ2n) is 6.27. The Morgan fingerprint density at radius 1 is 1.07 bits per heavy atom. The van der Waals surface area contributed by atoms with Crippen molar-refractivity contribution >= 4 is 33.4 Å². The minimum atomic E-state index is -4.90. The molecule has 2 aliphatic rings. The van der Waals surface area contributed by atoms with Crippen molar-refractivity contribution in [1.29, 1.82) is 0 Å². The number of alkyl halides is 3. The fourth-order valence-corrected chi connectivity index (χ4v) is 3.39. The van der Waals surface area contributed by atoms with Gasteiger partial charge >= 0.3 is 6.18 Å². The molecule has 0 aromatic heterocycles. The molecule has 0 atom stereocenters. The molecule has 12 heteroatoms. The summed E-state index contributed by atoms with van der Waals surface area (Å²) < 4.78 is 73.6. The second kappa shape index (κ2) is 6.85. The maximum absolute atomic E-state index is 13.5. The molecule has 2 N–H and O–H groups in total. The molecule has 8 nitrogen and oxygen atoms in total. The largest absolute Gasteiger partial charge is 0.454 e. The smallest absolute Gasteiger partial charge is 0.435 e. The fraction of sp³-hybridized carbons (Fsp3) is 0.111. The van der Waals surface area contributed by atoms with Crippen LogP contribution in [0, 0.1) is 0 Å². The van der Waals surface area contributed by atoms with Crippen LogP contribution >= 0.6 is 0 Å². The molecular formula is C18H12F3N3O5S. The molecule has 2 aromatic carbocycles. The van der Waals surface area contributed by atoms with Crippen molar-refractivity contribution in [3.63, 3.8) is 0 Å². The Balaban J connectivity index is 1.73. The first-order valence-electron chi connectivity index (χ1n) is 8.29. The van der Waals surface area contributed by atoms with Crippen LogP contribution in [0.1, 0.15) is 5.56 Å². The maximum Gasteiger partial charge on any atom is 0.435 e. The lowest BCUT2D eigenvalue weighted by molar-refractivity contribution is -0.114. The van der Waals surface area contributed by atoms with E-state index >= 15 is 0 Å². The first-order valence-corrected chi connectivity index (χ1v) is 9.83. The Kier molecular flexibility index (Phi) is 4.55. The number of benzene rings is 2. The van der Waals surface area contributed by atoms with E-state index < -0.39 is 33.4 Å². The monoisotopic (exact) mass is 439 g/mol. The molecule has 0 aliphatic carbocycles. The number of carbonyl (C=O) groups excluding carboxylic acids is 1. The van der Waals surface area contributed by atoms with E-state index in [1.807, 2.05) is 0 Å². The van der Waals surface area contributed by atoms with Gasteiger partial charge in [-0.15, -0.1) is 0 Å². The number of rotatable bonds is 3. The normalized spacial score (nSPS) is 17.6. The number of nitrogens with zero attached hydrogens (tertiary/aromatic N) is 2. The summed E-state index contributed by atoms with van der Waals surface area (Å²) in [4.78, 5) is 12.5. The Labute approximate surface area is 168 Å². The number of amides is 1. The summed E-state index contributed by atoms with van der Waals surface area (Å²) in [6.07, 6.45) is -3.84. The van der Waals surface area contributed by atoms with E-state index in [-0.39, 0.29) is 22.9 Å². The van der Waals surface area contributed by atoms with Crippen LogP contribution in [0.5, 0.6) is 11.5 Å². The SMILES string of the molecule is NS(=O)(=O)c1ccc(N2N=C(C(F)(F)F)/C(=C/c3ccc4c(c3)OCO4)C2=O)cc1. The quantitative estimate of drug-likeness (QED) is 0.739. The third-order valence-corrected chi connectivity index (χ3v) is 5.19. The highest BCUT2D eigenvalue weighted by Crippen LogP contribution is 2.36. The number of primary sulfonamides is 1. The van der Waals surface area contributed by atoms with Gasteiger partial charge in [-0.3, -0.25) is 4.79 Å². The standard InChI is InChI=1S/C18H12F3N3O5S/c19-18(20,21)16-13(7-10-1-6-14-15(8-10)29-9-28-14)17(25)24(23-16)11-2-4-12(5-3-11)30(22,26)27/h1-8H,9H2,(H2,22,26,27)/b13-7-. The predicted molar refractivity (Wildman–Crippen MR) is 99.3 cm³/mol. The van der Waals surface area contributed by atoms with Gasteiger partial charge in [0.2, 0.25) is 16.8 Å². The Hall–Kier alpha value is -3.38. The number of hydrazone groups is 1. The van der Waals surface area contributed by atoms with E-state index in [0.29, 0.717) is 16.5 Å². The van der Waals surface area contributed by atoms with E-state index in [1.54, 1.807) is 0 Å². The molecule has 0 saturated heterocycles. The number of halogens is 3. The third-order valence-electron chi connectivity index (χ3n) is 4.26. The van der Waals surface area contributed by atoms with Crippen molar-refractivity contribution in [2.75, 3.05) is 11.8 Å². The molecule has 0 fully saturated rings. The van der Waals surface area contributed by atoms with Crippen molar-refractivity contribution in [3.05, 3.63) is 53.6 Å². The summed E-state index contributed by atoms with van der Waals surface area (Å²) in [7, 11) is -4.00. The number of nitrogens with two attached hydrogens (primary N) is 1. The summed E-state index contributed by atoms with van der Waals surface area (Å²) in [6.45, 7) is -0.00809. The highest BCUT2D eigenvalue weighted by atomic mass is 32.2. The van der Waals surface area contributed by atoms with Crippen LogP contribution in [0.2, 0.25) is 0 Å². The zero-order valence-corrected chi connectivity index (χ0v) is 15.7. The molecular weight excluding hydrogens is 427 g/mol. The number of hydrogen-bond acceptors (Lipinski definition) is 6. The highest BCUT2D eigenvalue weighted by molar-refractivity contribution is 7.89. The van der Waals surface area contributed by atoms with Gasteiger partial charge in [0, 0.05) is 0 Å². The summed E-state index contributed by atoms with van der Waals surface area (Å²) in [5.74, 6) is -0.240. The Morgan fingerprint density at radius 2 is 1.73 bits per heavy atom. The van der Waals surface area contributed by atoms with Crippen LogP contribution in [0.15, 0.2) is 58.0 Å². The molecule has 2 aromatic rings. The zero-order valence-electron chi connectivity index (χ0n) is 14.9. The van der Waals surface area contributed by atoms with Crippen LogP contribution in [0.4, 0.5) is 18.9 Å². The van der Waals surface area contributed by atoms with Gasteiger partial charge in [-0.25, -0.2) is 13.6 Å². The van der Waals surface area contributed by atoms with Gasteiger partial charge in [0.05, 0.1) is 16.2 Å². The molecule has 2 heterocycles. The molecule has 0 unspecified atom stereocenters. The molecule has 2 aliphatic heterocycles. The van der Waals surface area contributed by atoms with Crippen LogP contribution < -0.4 is 19.6 Å². The number of fused-ring (bicyclic) bond motifs is 1. The van der Waals surface area contributed by atoms with Crippen molar-refractivity contribution in [1.82, 2.24) is 0 Å². The number of hydrogen-bond donors (Lipinski definition) is 1. The van der Waals surface area contributed by atoms with Gasteiger partial charge < -0.3 is 9.47 Å². The summed E-state index contributed by atoms with van der Waals surface area (Å²) in [5, 5.41) is 8.97. The van der Waals surface area contributed by atoms with Gasteiger partial charge in [-0.05, 0) is 48.0 Å². The van der Waals surface area contributed by atoms with Crippen LogP contribution in [0.25, 0.3) is 6.08 Å². The van der Waals surface area contributed by atoms with E-state index in [1.165, 1.54) is 18.2 Å². The lowest BCUT2D eigenvalue weighted by atomic mass is 10.1. The minimum Gasteiger partial charge on any atom is -0.454 e. The fourth-order valence-electron chi connectivity index (χ4n) is 2.88.